The van der Waals surface area contributed by atoms with Gasteiger partial charge in [-0.15, -0.1) is 0 Å². The molecule has 0 saturated carbocycles. The van der Waals surface area contributed by atoms with Crippen molar-refractivity contribution in [3.63, 3.8) is 0 Å². The zero-order chi connectivity index (χ0) is 15.1. The van der Waals surface area contributed by atoms with E-state index < -0.39 is 17.7 Å². The van der Waals surface area contributed by atoms with Crippen molar-refractivity contribution in [1.29, 1.82) is 0 Å². The lowest BCUT2D eigenvalue weighted by molar-refractivity contribution is -0.137. The van der Waals surface area contributed by atoms with Crippen LogP contribution in [0.25, 0.3) is 5.82 Å². The number of carbonyl (C=O) groups is 1. The highest BCUT2D eigenvalue weighted by Crippen LogP contribution is 2.32. The molecule has 0 saturated heterocycles. The zero-order valence-corrected chi connectivity index (χ0v) is 10.7. The Morgan fingerprint density at radius 1 is 1.40 bits per heavy atom. The summed E-state index contributed by atoms with van der Waals surface area (Å²) in [5.74, 6) is -1.26. The topological polar surface area (TPSA) is 68.0 Å². The minimum atomic E-state index is -4.56. The molecule has 9 heteroatoms. The summed E-state index contributed by atoms with van der Waals surface area (Å²) in [7, 11) is 0. The molecule has 0 bridgehead atoms. The lowest BCUT2D eigenvalue weighted by Gasteiger charge is -2.10. The maximum Gasteiger partial charge on any atom is 0.417 e. The smallest absolute Gasteiger partial charge is 0.417 e. The van der Waals surface area contributed by atoms with Gasteiger partial charge >= 0.3 is 12.1 Å². The van der Waals surface area contributed by atoms with Gasteiger partial charge in [0.2, 0.25) is 0 Å². The Labute approximate surface area is 115 Å². The van der Waals surface area contributed by atoms with Crippen LogP contribution in [-0.2, 0) is 6.18 Å². The standard InChI is InChI=1S/C11H7ClF3N3O2/c1-5-7(10(19)20)4-17-18(5)9-8(12)2-6(3-16-9)11(13,14)15/h2-4H,1H3,(H,19,20). The average Bonchev–Trinajstić information content (AvgIpc) is 2.70. The van der Waals surface area contributed by atoms with E-state index in [0.717, 1.165) is 10.9 Å². The summed E-state index contributed by atoms with van der Waals surface area (Å²) in [6.07, 6.45) is -2.86. The quantitative estimate of drug-likeness (QED) is 0.926. The molecule has 5 nitrogen and oxygen atoms in total. The molecule has 2 aromatic heterocycles. The number of rotatable bonds is 2. The van der Waals surface area contributed by atoms with Gasteiger partial charge < -0.3 is 5.11 Å². The van der Waals surface area contributed by atoms with Gasteiger partial charge in [0.1, 0.15) is 5.56 Å². The van der Waals surface area contributed by atoms with Gasteiger partial charge in [0.25, 0.3) is 0 Å². The summed E-state index contributed by atoms with van der Waals surface area (Å²) in [5.41, 5.74) is -0.857. The normalized spacial score (nSPS) is 11.7. The van der Waals surface area contributed by atoms with Crippen LogP contribution in [0.1, 0.15) is 21.6 Å². The van der Waals surface area contributed by atoms with Crippen LogP contribution in [0.15, 0.2) is 18.5 Å². The second-order valence-corrected chi connectivity index (χ2v) is 4.29. The molecule has 20 heavy (non-hydrogen) atoms. The molecular weight excluding hydrogens is 299 g/mol. The molecule has 0 aliphatic heterocycles. The van der Waals surface area contributed by atoms with E-state index in [4.69, 9.17) is 16.7 Å². The Bertz CT molecular complexity index is 682. The Kier molecular flexibility index (Phi) is 3.43. The van der Waals surface area contributed by atoms with Crippen LogP contribution in [-0.4, -0.2) is 25.8 Å². The Morgan fingerprint density at radius 3 is 2.50 bits per heavy atom. The second-order valence-electron chi connectivity index (χ2n) is 3.89. The number of aromatic carboxylic acids is 1. The Hall–Kier alpha value is -2.09. The van der Waals surface area contributed by atoms with Gasteiger partial charge in [0.15, 0.2) is 5.82 Å². The van der Waals surface area contributed by atoms with Crippen molar-refractivity contribution in [2.45, 2.75) is 13.1 Å². The third-order valence-electron chi connectivity index (χ3n) is 2.59. The summed E-state index contributed by atoms with van der Waals surface area (Å²) in [6, 6.07) is 0.714. The Balaban J connectivity index is 2.52. The predicted molar refractivity (Wildman–Crippen MR) is 63.1 cm³/mol. The maximum absolute atomic E-state index is 12.5. The molecule has 2 aromatic rings. The molecule has 0 fully saturated rings. The molecular formula is C11H7ClF3N3O2. The largest absolute Gasteiger partial charge is 0.478 e. The first-order valence-corrected chi connectivity index (χ1v) is 5.60. The monoisotopic (exact) mass is 305 g/mol. The number of pyridine rings is 1. The van der Waals surface area contributed by atoms with Gasteiger partial charge in [0.05, 0.1) is 22.5 Å². The molecule has 0 radical (unpaired) electrons. The van der Waals surface area contributed by atoms with Gasteiger partial charge in [-0.05, 0) is 13.0 Å². The molecule has 2 rings (SSSR count). The zero-order valence-electron chi connectivity index (χ0n) is 9.94. The number of hydrogen-bond donors (Lipinski definition) is 1. The third kappa shape index (κ3) is 2.46. The van der Waals surface area contributed by atoms with Gasteiger partial charge in [0, 0.05) is 6.20 Å². The average molecular weight is 306 g/mol. The summed E-state index contributed by atoms with van der Waals surface area (Å²) >= 11 is 5.76. The first-order chi connectivity index (χ1) is 9.21. The summed E-state index contributed by atoms with van der Waals surface area (Å²) in [6.45, 7) is 1.45. The van der Waals surface area contributed by atoms with Crippen molar-refractivity contribution in [2.75, 3.05) is 0 Å². The van der Waals surface area contributed by atoms with E-state index in [2.05, 4.69) is 10.1 Å². The summed E-state index contributed by atoms with van der Waals surface area (Å²) < 4.78 is 38.6. The minimum absolute atomic E-state index is 0.0651. The Morgan fingerprint density at radius 2 is 2.05 bits per heavy atom. The maximum atomic E-state index is 12.5. The van der Waals surface area contributed by atoms with E-state index in [1.54, 1.807) is 0 Å². The lowest BCUT2D eigenvalue weighted by atomic mass is 10.2. The molecule has 0 unspecified atom stereocenters. The van der Waals surface area contributed by atoms with Gasteiger partial charge in [-0.3, -0.25) is 0 Å². The van der Waals surface area contributed by atoms with E-state index in [9.17, 15) is 18.0 Å². The number of carboxylic acid groups (broad SMARTS) is 1. The highest BCUT2D eigenvalue weighted by atomic mass is 35.5. The van der Waals surface area contributed by atoms with Crippen molar-refractivity contribution >= 4 is 17.6 Å². The molecule has 0 atom stereocenters. The van der Waals surface area contributed by atoms with Crippen molar-refractivity contribution in [1.82, 2.24) is 14.8 Å². The number of nitrogens with zero attached hydrogens (tertiary/aromatic N) is 3. The van der Waals surface area contributed by atoms with E-state index in [0.29, 0.717) is 12.3 Å². The predicted octanol–water partition coefficient (Wildman–Crippen LogP) is 2.95. The van der Waals surface area contributed by atoms with Crippen LogP contribution in [0.2, 0.25) is 5.02 Å². The highest BCUT2D eigenvalue weighted by Gasteiger charge is 2.32. The SMILES string of the molecule is Cc1c(C(=O)O)cnn1-c1ncc(C(F)(F)F)cc1Cl. The first kappa shape index (κ1) is 14.3. The van der Waals surface area contributed by atoms with Crippen LogP contribution in [0.3, 0.4) is 0 Å². The first-order valence-electron chi connectivity index (χ1n) is 5.23. The van der Waals surface area contributed by atoms with Crippen molar-refractivity contribution < 1.29 is 23.1 Å². The van der Waals surface area contributed by atoms with Crippen molar-refractivity contribution in [3.05, 3.63) is 40.3 Å². The van der Waals surface area contributed by atoms with Gasteiger partial charge in [-0.2, -0.15) is 18.3 Å². The molecule has 0 aliphatic rings. The third-order valence-corrected chi connectivity index (χ3v) is 2.87. The van der Waals surface area contributed by atoms with Crippen molar-refractivity contribution in [2.24, 2.45) is 0 Å². The van der Waals surface area contributed by atoms with E-state index in [-0.39, 0.29) is 22.1 Å². The van der Waals surface area contributed by atoms with Crippen LogP contribution >= 0.6 is 11.6 Å². The minimum Gasteiger partial charge on any atom is -0.478 e. The molecule has 0 aromatic carbocycles. The van der Waals surface area contributed by atoms with Gasteiger partial charge in [-0.25, -0.2) is 14.5 Å². The highest BCUT2D eigenvalue weighted by molar-refractivity contribution is 6.32. The fourth-order valence-corrected chi connectivity index (χ4v) is 1.82. The van der Waals surface area contributed by atoms with Crippen molar-refractivity contribution in [3.8, 4) is 5.82 Å². The summed E-state index contributed by atoms with van der Waals surface area (Å²) in [5, 5.41) is 12.4. The number of halogens is 4. The van der Waals surface area contributed by atoms with Crippen LogP contribution in [0.5, 0.6) is 0 Å². The number of aromatic nitrogens is 3. The number of carboxylic acids is 1. The molecule has 2 heterocycles. The van der Waals surface area contributed by atoms with E-state index >= 15 is 0 Å². The van der Waals surface area contributed by atoms with E-state index in [1.807, 2.05) is 0 Å². The molecule has 106 valence electrons. The van der Waals surface area contributed by atoms with Crippen LogP contribution < -0.4 is 0 Å². The summed E-state index contributed by atoms with van der Waals surface area (Å²) in [4.78, 5) is 14.5. The lowest BCUT2D eigenvalue weighted by Crippen LogP contribution is -2.09. The van der Waals surface area contributed by atoms with E-state index in [1.165, 1.54) is 6.92 Å². The fraction of sp³-hybridized carbons (Fsp3) is 0.182. The van der Waals surface area contributed by atoms with Crippen LogP contribution in [0.4, 0.5) is 13.2 Å². The number of hydrogen-bond acceptors (Lipinski definition) is 3. The number of alkyl halides is 3. The molecule has 0 spiro atoms. The molecule has 1 N–H and O–H groups in total. The molecule has 0 amide bonds. The second kappa shape index (κ2) is 4.78. The molecule has 0 aliphatic carbocycles. The van der Waals surface area contributed by atoms with Crippen LogP contribution in [0, 0.1) is 6.92 Å². The van der Waals surface area contributed by atoms with Gasteiger partial charge in [-0.1, -0.05) is 11.6 Å². The fourth-order valence-electron chi connectivity index (χ4n) is 1.57.